The smallest absolute Gasteiger partial charge is 0.274 e. The van der Waals surface area contributed by atoms with E-state index < -0.39 is 5.91 Å². The highest BCUT2D eigenvalue weighted by Crippen LogP contribution is 2.12. The third kappa shape index (κ3) is 3.50. The van der Waals surface area contributed by atoms with Crippen LogP contribution in [0.1, 0.15) is 20.8 Å². The number of amides is 2. The minimum Gasteiger partial charge on any atom is -0.366 e. The Kier molecular flexibility index (Phi) is 4.10. The van der Waals surface area contributed by atoms with Gasteiger partial charge in [-0.3, -0.25) is 14.6 Å². The van der Waals surface area contributed by atoms with E-state index in [0.29, 0.717) is 5.69 Å². The van der Waals surface area contributed by atoms with Gasteiger partial charge in [-0.25, -0.2) is 0 Å². The fraction of sp³-hybridized carbons (Fsp3) is 0. The summed E-state index contributed by atoms with van der Waals surface area (Å²) in [6.45, 7) is 0. The van der Waals surface area contributed by atoms with Crippen LogP contribution in [0.5, 0.6) is 0 Å². The van der Waals surface area contributed by atoms with E-state index in [-0.39, 0.29) is 17.2 Å². The highest BCUT2D eigenvalue weighted by atomic mass is 127. The minimum absolute atomic E-state index is 0.226. The molecule has 96 valence electrons. The van der Waals surface area contributed by atoms with Crippen LogP contribution in [0, 0.1) is 3.57 Å². The molecule has 5 nitrogen and oxygen atoms in total. The Morgan fingerprint density at radius 3 is 2.32 bits per heavy atom. The molecule has 0 saturated carbocycles. The summed E-state index contributed by atoms with van der Waals surface area (Å²) in [5.74, 6) is -0.908. The number of anilines is 1. The molecule has 1 heterocycles. The molecule has 6 heteroatoms. The SMILES string of the molecule is NC(=O)c1ccc(C(=O)Nc2ccc(I)cc2)nc1. The maximum atomic E-state index is 11.9. The van der Waals surface area contributed by atoms with Crippen LogP contribution in [-0.2, 0) is 0 Å². The van der Waals surface area contributed by atoms with Crippen molar-refractivity contribution in [2.45, 2.75) is 0 Å². The lowest BCUT2D eigenvalue weighted by Gasteiger charge is -2.05. The van der Waals surface area contributed by atoms with Gasteiger partial charge in [-0.15, -0.1) is 0 Å². The van der Waals surface area contributed by atoms with Gasteiger partial charge >= 0.3 is 0 Å². The number of halogens is 1. The maximum absolute atomic E-state index is 11.9. The van der Waals surface area contributed by atoms with Crippen molar-refractivity contribution >= 4 is 40.1 Å². The Morgan fingerprint density at radius 1 is 1.11 bits per heavy atom. The molecule has 2 aromatic rings. The summed E-state index contributed by atoms with van der Waals surface area (Å²) in [7, 11) is 0. The number of benzene rings is 1. The molecule has 1 aromatic carbocycles. The van der Waals surface area contributed by atoms with Gasteiger partial charge < -0.3 is 11.1 Å². The minimum atomic E-state index is -0.572. The number of nitrogens with two attached hydrogens (primary N) is 1. The van der Waals surface area contributed by atoms with E-state index in [2.05, 4.69) is 32.9 Å². The zero-order chi connectivity index (χ0) is 13.8. The van der Waals surface area contributed by atoms with Crippen LogP contribution >= 0.6 is 22.6 Å². The number of carbonyl (C=O) groups is 2. The zero-order valence-electron chi connectivity index (χ0n) is 9.76. The highest BCUT2D eigenvalue weighted by Gasteiger charge is 2.08. The molecule has 0 aliphatic carbocycles. The van der Waals surface area contributed by atoms with Crippen molar-refractivity contribution < 1.29 is 9.59 Å². The number of hydrogen-bond donors (Lipinski definition) is 2. The van der Waals surface area contributed by atoms with Gasteiger partial charge in [0.15, 0.2) is 0 Å². The van der Waals surface area contributed by atoms with Crippen molar-refractivity contribution in [3.05, 3.63) is 57.4 Å². The van der Waals surface area contributed by atoms with Crippen LogP contribution in [0.3, 0.4) is 0 Å². The molecule has 0 bridgehead atoms. The topological polar surface area (TPSA) is 85.1 Å². The van der Waals surface area contributed by atoms with E-state index >= 15 is 0 Å². The second-order valence-electron chi connectivity index (χ2n) is 3.76. The van der Waals surface area contributed by atoms with Crippen LogP contribution in [0.15, 0.2) is 42.6 Å². The molecule has 3 N–H and O–H groups in total. The molecule has 0 unspecified atom stereocenters. The van der Waals surface area contributed by atoms with Gasteiger partial charge in [-0.2, -0.15) is 0 Å². The molecule has 0 aliphatic rings. The number of rotatable bonds is 3. The van der Waals surface area contributed by atoms with Gasteiger partial charge in [-0.1, -0.05) is 0 Å². The number of nitrogens with zero attached hydrogens (tertiary/aromatic N) is 1. The van der Waals surface area contributed by atoms with Gasteiger partial charge in [0.2, 0.25) is 5.91 Å². The van der Waals surface area contributed by atoms with E-state index in [4.69, 9.17) is 5.73 Å². The molecule has 0 aliphatic heterocycles. The zero-order valence-corrected chi connectivity index (χ0v) is 11.9. The van der Waals surface area contributed by atoms with Gasteiger partial charge in [0, 0.05) is 15.5 Å². The van der Waals surface area contributed by atoms with Crippen LogP contribution in [0.4, 0.5) is 5.69 Å². The number of pyridine rings is 1. The van der Waals surface area contributed by atoms with E-state index in [1.807, 2.05) is 12.1 Å². The first-order chi connectivity index (χ1) is 9.06. The third-order valence-corrected chi connectivity index (χ3v) is 3.10. The fourth-order valence-corrected chi connectivity index (χ4v) is 1.76. The van der Waals surface area contributed by atoms with Gasteiger partial charge in [0.05, 0.1) is 5.56 Å². The Balaban J connectivity index is 2.11. The Labute approximate surface area is 123 Å². The second kappa shape index (κ2) is 5.79. The first kappa shape index (κ1) is 13.5. The molecule has 1 aromatic heterocycles. The first-order valence-electron chi connectivity index (χ1n) is 5.39. The molecule has 0 spiro atoms. The summed E-state index contributed by atoms with van der Waals surface area (Å²) in [4.78, 5) is 26.7. The normalized spacial score (nSPS) is 9.95. The molecule has 2 amide bonds. The predicted octanol–water partition coefficient (Wildman–Crippen LogP) is 2.04. The average molecular weight is 367 g/mol. The summed E-state index contributed by atoms with van der Waals surface area (Å²) >= 11 is 2.18. The van der Waals surface area contributed by atoms with Crippen molar-refractivity contribution in [1.29, 1.82) is 0 Å². The number of primary amides is 1. The van der Waals surface area contributed by atoms with Gasteiger partial charge in [0.25, 0.3) is 5.91 Å². The first-order valence-corrected chi connectivity index (χ1v) is 6.47. The van der Waals surface area contributed by atoms with Crippen LogP contribution in [0.2, 0.25) is 0 Å². The maximum Gasteiger partial charge on any atom is 0.274 e. The summed E-state index contributed by atoms with van der Waals surface area (Å²) < 4.78 is 1.08. The largest absolute Gasteiger partial charge is 0.366 e. The molecular weight excluding hydrogens is 357 g/mol. The lowest BCUT2D eigenvalue weighted by molar-refractivity contribution is 0.0993. The molecule has 19 heavy (non-hydrogen) atoms. The van der Waals surface area contributed by atoms with Crippen LogP contribution < -0.4 is 11.1 Å². The molecular formula is C13H10IN3O2. The third-order valence-electron chi connectivity index (χ3n) is 2.38. The average Bonchev–Trinajstić information content (AvgIpc) is 2.41. The summed E-state index contributed by atoms with van der Waals surface area (Å²) in [5, 5.41) is 2.71. The number of carbonyl (C=O) groups excluding carboxylic acids is 2. The van der Waals surface area contributed by atoms with Crippen molar-refractivity contribution in [2.24, 2.45) is 5.73 Å². The van der Waals surface area contributed by atoms with Crippen LogP contribution in [0.25, 0.3) is 0 Å². The van der Waals surface area contributed by atoms with Crippen LogP contribution in [-0.4, -0.2) is 16.8 Å². The summed E-state index contributed by atoms with van der Waals surface area (Å²) in [6.07, 6.45) is 1.28. The monoisotopic (exact) mass is 367 g/mol. The Bertz CT molecular complexity index is 609. The molecule has 0 atom stereocenters. The van der Waals surface area contributed by atoms with E-state index in [1.54, 1.807) is 12.1 Å². The highest BCUT2D eigenvalue weighted by molar-refractivity contribution is 14.1. The number of nitrogens with one attached hydrogen (secondary N) is 1. The van der Waals surface area contributed by atoms with Gasteiger partial charge in [0.1, 0.15) is 5.69 Å². The fourth-order valence-electron chi connectivity index (χ4n) is 1.40. The number of hydrogen-bond acceptors (Lipinski definition) is 3. The van der Waals surface area contributed by atoms with E-state index in [1.165, 1.54) is 18.3 Å². The van der Waals surface area contributed by atoms with Crippen molar-refractivity contribution in [3.8, 4) is 0 Å². The molecule has 0 radical (unpaired) electrons. The molecule has 0 saturated heterocycles. The van der Waals surface area contributed by atoms with Crippen molar-refractivity contribution in [3.63, 3.8) is 0 Å². The Hall–Kier alpha value is -1.96. The lowest BCUT2D eigenvalue weighted by Crippen LogP contribution is -2.15. The predicted molar refractivity (Wildman–Crippen MR) is 79.9 cm³/mol. The van der Waals surface area contributed by atoms with E-state index in [9.17, 15) is 9.59 Å². The molecule has 2 rings (SSSR count). The standard InChI is InChI=1S/C13H10IN3O2/c14-9-2-4-10(5-3-9)17-13(19)11-6-1-8(7-16-11)12(15)18/h1-7H,(H2,15,18)(H,17,19). The number of aromatic nitrogens is 1. The van der Waals surface area contributed by atoms with E-state index in [0.717, 1.165) is 3.57 Å². The Morgan fingerprint density at radius 2 is 1.79 bits per heavy atom. The summed E-state index contributed by atoms with van der Waals surface area (Å²) in [5.41, 5.74) is 6.28. The quantitative estimate of drug-likeness (QED) is 0.815. The molecule has 0 fully saturated rings. The van der Waals surface area contributed by atoms with Crippen molar-refractivity contribution in [2.75, 3.05) is 5.32 Å². The van der Waals surface area contributed by atoms with Gasteiger partial charge in [-0.05, 0) is 59.0 Å². The lowest BCUT2D eigenvalue weighted by atomic mass is 10.2. The van der Waals surface area contributed by atoms with Crippen molar-refractivity contribution in [1.82, 2.24) is 4.98 Å². The second-order valence-corrected chi connectivity index (χ2v) is 5.00. The summed E-state index contributed by atoms with van der Waals surface area (Å²) in [6, 6.07) is 10.3.